The Morgan fingerprint density at radius 2 is 1.94 bits per heavy atom. The van der Waals surface area contributed by atoms with Gasteiger partial charge in [0.15, 0.2) is 0 Å². The zero-order valence-electron chi connectivity index (χ0n) is 11.1. The van der Waals surface area contributed by atoms with E-state index in [-0.39, 0.29) is 0 Å². The second-order valence-corrected chi connectivity index (χ2v) is 5.38. The molecular weight excluding hydrogens is 210 g/mol. The maximum absolute atomic E-state index is 5.17. The van der Waals surface area contributed by atoms with Crippen molar-refractivity contribution in [1.29, 1.82) is 0 Å². The van der Waals surface area contributed by atoms with Crippen LogP contribution in [0.1, 0.15) is 31.7 Å². The third-order valence-electron chi connectivity index (χ3n) is 4.11. The smallest absolute Gasteiger partial charge is 0.118 e. The lowest BCUT2D eigenvalue weighted by Crippen LogP contribution is -2.33. The van der Waals surface area contributed by atoms with Gasteiger partial charge in [0.25, 0.3) is 0 Å². The zero-order chi connectivity index (χ0) is 12.3. The van der Waals surface area contributed by atoms with Crippen LogP contribution in [-0.4, -0.2) is 20.2 Å². The summed E-state index contributed by atoms with van der Waals surface area (Å²) in [5.74, 6) is 0.938. The highest BCUT2D eigenvalue weighted by molar-refractivity contribution is 5.27. The number of aryl methyl sites for hydroxylation is 1. The van der Waals surface area contributed by atoms with Crippen molar-refractivity contribution < 1.29 is 4.74 Å². The Kier molecular flexibility index (Phi) is 3.72. The summed E-state index contributed by atoms with van der Waals surface area (Å²) in [6.07, 6.45) is 5.12. The molecule has 2 rings (SSSR count). The fourth-order valence-electron chi connectivity index (χ4n) is 2.49. The molecule has 2 heteroatoms. The van der Waals surface area contributed by atoms with E-state index >= 15 is 0 Å². The van der Waals surface area contributed by atoms with Crippen LogP contribution in [-0.2, 0) is 6.42 Å². The van der Waals surface area contributed by atoms with Gasteiger partial charge in [-0.3, -0.25) is 0 Å². The summed E-state index contributed by atoms with van der Waals surface area (Å²) < 4.78 is 5.17. The van der Waals surface area contributed by atoms with E-state index in [4.69, 9.17) is 4.74 Å². The van der Waals surface area contributed by atoms with Gasteiger partial charge in [-0.15, -0.1) is 0 Å². The molecule has 1 saturated carbocycles. The summed E-state index contributed by atoms with van der Waals surface area (Å²) in [4.78, 5) is 0. The third-order valence-corrected chi connectivity index (χ3v) is 4.11. The zero-order valence-corrected chi connectivity index (χ0v) is 11.1. The summed E-state index contributed by atoms with van der Waals surface area (Å²) in [6.45, 7) is 2.39. The molecule has 0 bridgehead atoms. The largest absolute Gasteiger partial charge is 0.497 e. The van der Waals surface area contributed by atoms with E-state index in [0.717, 1.165) is 12.2 Å². The van der Waals surface area contributed by atoms with E-state index in [1.807, 2.05) is 12.1 Å². The second-order valence-electron chi connectivity index (χ2n) is 5.38. The highest BCUT2D eigenvalue weighted by atomic mass is 16.5. The Bertz CT molecular complexity index is 354. The lowest BCUT2D eigenvalue weighted by molar-refractivity contribution is 0.358. The molecule has 2 nitrogen and oxygen atoms in total. The predicted molar refractivity (Wildman–Crippen MR) is 71.5 cm³/mol. The minimum atomic E-state index is 0.557. The number of ether oxygens (including phenoxy) is 1. The molecule has 1 atom stereocenters. The molecule has 0 radical (unpaired) electrons. The van der Waals surface area contributed by atoms with Crippen molar-refractivity contribution in [2.75, 3.05) is 14.2 Å². The van der Waals surface area contributed by atoms with Crippen LogP contribution in [0.25, 0.3) is 0 Å². The van der Waals surface area contributed by atoms with Crippen molar-refractivity contribution in [1.82, 2.24) is 5.32 Å². The van der Waals surface area contributed by atoms with Crippen molar-refractivity contribution >= 4 is 0 Å². The molecule has 0 aromatic heterocycles. The van der Waals surface area contributed by atoms with Gasteiger partial charge in [-0.1, -0.05) is 19.1 Å². The first-order valence-corrected chi connectivity index (χ1v) is 6.48. The lowest BCUT2D eigenvalue weighted by atomic mass is 9.93. The highest BCUT2D eigenvalue weighted by Crippen LogP contribution is 2.49. The molecule has 1 aromatic carbocycles. The molecule has 1 fully saturated rings. The van der Waals surface area contributed by atoms with E-state index in [1.165, 1.54) is 24.8 Å². The van der Waals surface area contributed by atoms with Crippen LogP contribution >= 0.6 is 0 Å². The van der Waals surface area contributed by atoms with Crippen molar-refractivity contribution in [3.05, 3.63) is 29.8 Å². The summed E-state index contributed by atoms with van der Waals surface area (Å²) in [7, 11) is 3.79. The van der Waals surface area contributed by atoms with Crippen molar-refractivity contribution in [3.8, 4) is 5.75 Å². The molecule has 0 spiro atoms. The molecule has 1 unspecified atom stereocenters. The monoisotopic (exact) mass is 233 g/mol. The summed E-state index contributed by atoms with van der Waals surface area (Å²) in [6, 6.07) is 9.08. The van der Waals surface area contributed by atoms with Gasteiger partial charge < -0.3 is 10.1 Å². The Labute approximate surface area is 104 Å². The molecule has 94 valence electrons. The summed E-state index contributed by atoms with van der Waals surface area (Å²) in [5.41, 5.74) is 1.96. The molecule has 0 heterocycles. The van der Waals surface area contributed by atoms with Crippen LogP contribution in [0.4, 0.5) is 0 Å². The normalized spacial score (nSPS) is 18.8. The fraction of sp³-hybridized carbons (Fsp3) is 0.600. The number of nitrogens with one attached hydrogen (secondary N) is 1. The van der Waals surface area contributed by atoms with Crippen LogP contribution in [0.5, 0.6) is 5.75 Å². The third kappa shape index (κ3) is 3.01. The summed E-state index contributed by atoms with van der Waals surface area (Å²) in [5, 5.41) is 3.47. The molecule has 1 N–H and O–H groups in total. The van der Waals surface area contributed by atoms with Gasteiger partial charge in [-0.2, -0.15) is 0 Å². The highest BCUT2D eigenvalue weighted by Gasteiger charge is 2.43. The van der Waals surface area contributed by atoms with Crippen molar-refractivity contribution in [2.45, 2.75) is 38.6 Å². The quantitative estimate of drug-likeness (QED) is 0.815. The van der Waals surface area contributed by atoms with E-state index in [0.29, 0.717) is 11.5 Å². The first-order valence-electron chi connectivity index (χ1n) is 6.48. The van der Waals surface area contributed by atoms with Crippen molar-refractivity contribution in [2.24, 2.45) is 5.41 Å². The SMILES string of the molecule is CNC(CCc1ccc(OC)cc1)C1(C)CC1. The van der Waals surface area contributed by atoms with Crippen LogP contribution < -0.4 is 10.1 Å². The number of benzene rings is 1. The Morgan fingerprint density at radius 1 is 1.29 bits per heavy atom. The first kappa shape index (κ1) is 12.4. The number of rotatable bonds is 6. The summed E-state index contributed by atoms with van der Waals surface area (Å²) >= 11 is 0. The van der Waals surface area contributed by atoms with Gasteiger partial charge in [0, 0.05) is 6.04 Å². The van der Waals surface area contributed by atoms with Crippen molar-refractivity contribution in [3.63, 3.8) is 0 Å². The number of methoxy groups -OCH3 is 1. The molecule has 0 saturated heterocycles. The van der Waals surface area contributed by atoms with Gasteiger partial charge in [0.05, 0.1) is 7.11 Å². The maximum Gasteiger partial charge on any atom is 0.118 e. The predicted octanol–water partition coefficient (Wildman–Crippen LogP) is 3.02. The average Bonchev–Trinajstić information content (AvgIpc) is 3.10. The van der Waals surface area contributed by atoms with E-state index in [9.17, 15) is 0 Å². The van der Waals surface area contributed by atoms with Crippen LogP contribution in [0.3, 0.4) is 0 Å². The number of hydrogen-bond donors (Lipinski definition) is 1. The molecule has 1 aromatic rings. The standard InChI is InChI=1S/C15H23NO/c1-15(10-11-15)14(16-2)9-6-12-4-7-13(17-3)8-5-12/h4-5,7-8,14,16H,6,9-11H2,1-3H3. The molecular formula is C15H23NO. The van der Waals surface area contributed by atoms with E-state index in [1.54, 1.807) is 7.11 Å². The molecule has 0 aliphatic heterocycles. The Morgan fingerprint density at radius 3 is 2.41 bits per heavy atom. The van der Waals surface area contributed by atoms with Crippen LogP contribution in [0.15, 0.2) is 24.3 Å². The second kappa shape index (κ2) is 5.09. The van der Waals surface area contributed by atoms with Gasteiger partial charge >= 0.3 is 0 Å². The molecule has 1 aliphatic carbocycles. The van der Waals surface area contributed by atoms with Gasteiger partial charge in [-0.05, 0) is 55.8 Å². The topological polar surface area (TPSA) is 21.3 Å². The first-order chi connectivity index (χ1) is 8.18. The fourth-order valence-corrected chi connectivity index (χ4v) is 2.49. The van der Waals surface area contributed by atoms with Gasteiger partial charge in [0.2, 0.25) is 0 Å². The Hall–Kier alpha value is -1.02. The molecule has 0 amide bonds. The Balaban J connectivity index is 1.87. The van der Waals surface area contributed by atoms with E-state index in [2.05, 4.69) is 31.4 Å². The lowest BCUT2D eigenvalue weighted by Gasteiger charge is -2.23. The minimum absolute atomic E-state index is 0.557. The maximum atomic E-state index is 5.17. The van der Waals surface area contributed by atoms with Gasteiger partial charge in [-0.25, -0.2) is 0 Å². The molecule has 1 aliphatic rings. The van der Waals surface area contributed by atoms with Crippen LogP contribution in [0, 0.1) is 5.41 Å². The van der Waals surface area contributed by atoms with Crippen LogP contribution in [0.2, 0.25) is 0 Å². The minimum Gasteiger partial charge on any atom is -0.497 e. The van der Waals surface area contributed by atoms with E-state index < -0.39 is 0 Å². The number of hydrogen-bond acceptors (Lipinski definition) is 2. The van der Waals surface area contributed by atoms with Gasteiger partial charge in [0.1, 0.15) is 5.75 Å². The average molecular weight is 233 g/mol. The molecule has 17 heavy (non-hydrogen) atoms.